The lowest BCUT2D eigenvalue weighted by molar-refractivity contribution is 0.102. The Morgan fingerprint density at radius 1 is 1.27 bits per heavy atom. The predicted molar refractivity (Wildman–Crippen MR) is 101 cm³/mol. The lowest BCUT2D eigenvalue weighted by atomic mass is 10.2. The molecule has 0 saturated heterocycles. The summed E-state index contributed by atoms with van der Waals surface area (Å²) < 4.78 is 7.36. The molecule has 0 fully saturated rings. The van der Waals surface area contributed by atoms with Crippen molar-refractivity contribution >= 4 is 34.8 Å². The van der Waals surface area contributed by atoms with Gasteiger partial charge in [0.2, 0.25) is 0 Å². The summed E-state index contributed by atoms with van der Waals surface area (Å²) in [6.45, 7) is 3.82. The predicted octanol–water partition coefficient (Wildman–Crippen LogP) is 4.49. The van der Waals surface area contributed by atoms with E-state index in [1.54, 1.807) is 41.2 Å². The highest BCUT2D eigenvalue weighted by molar-refractivity contribution is 6.35. The summed E-state index contributed by atoms with van der Waals surface area (Å²) in [4.78, 5) is 16.3. The Hall–Kier alpha value is -2.57. The second-order valence-electron chi connectivity index (χ2n) is 5.59. The molecule has 0 saturated carbocycles. The molecule has 0 radical (unpaired) electrons. The first-order chi connectivity index (χ1) is 12.5. The van der Waals surface area contributed by atoms with E-state index in [0.717, 1.165) is 5.69 Å². The normalized spacial score (nSPS) is 10.6. The summed E-state index contributed by atoms with van der Waals surface area (Å²) in [5.74, 6) is 0.259. The summed E-state index contributed by atoms with van der Waals surface area (Å²) >= 11 is 12.0. The van der Waals surface area contributed by atoms with E-state index in [0.29, 0.717) is 32.7 Å². The Labute approximate surface area is 160 Å². The Kier molecular flexibility index (Phi) is 5.44. The van der Waals surface area contributed by atoms with Gasteiger partial charge in [-0.15, -0.1) is 0 Å². The summed E-state index contributed by atoms with van der Waals surface area (Å²) in [6, 6.07) is 8.41. The van der Waals surface area contributed by atoms with Crippen molar-refractivity contribution in [2.45, 2.75) is 20.6 Å². The number of nitrogens with zero attached hydrogens (tertiary/aromatic N) is 3. The molecule has 3 aromatic rings. The average Bonchev–Trinajstić information content (AvgIpc) is 2.89. The number of carbonyl (C=O) groups excluding carboxylic acids is 1. The first-order valence-electron chi connectivity index (χ1n) is 7.79. The third-order valence-corrected chi connectivity index (χ3v) is 4.31. The van der Waals surface area contributed by atoms with E-state index in [1.165, 1.54) is 6.20 Å². The Morgan fingerprint density at radius 3 is 2.77 bits per heavy atom. The fourth-order valence-corrected chi connectivity index (χ4v) is 2.87. The van der Waals surface area contributed by atoms with Crippen molar-refractivity contribution in [2.75, 3.05) is 5.32 Å². The van der Waals surface area contributed by atoms with E-state index in [9.17, 15) is 4.79 Å². The monoisotopic (exact) mass is 390 g/mol. The number of aromatic nitrogens is 3. The van der Waals surface area contributed by atoms with Crippen molar-refractivity contribution in [3.63, 3.8) is 0 Å². The molecule has 0 aliphatic rings. The van der Waals surface area contributed by atoms with Crippen LogP contribution in [-0.4, -0.2) is 20.7 Å². The molecule has 3 rings (SSSR count). The minimum Gasteiger partial charge on any atom is -0.470 e. The zero-order chi connectivity index (χ0) is 18.7. The molecular formula is C18H16Cl2N4O2. The first kappa shape index (κ1) is 18.2. The number of nitrogens with one attached hydrogen (secondary N) is 1. The van der Waals surface area contributed by atoms with Gasteiger partial charge in [-0.05, 0) is 44.2 Å². The lowest BCUT2D eigenvalue weighted by Crippen LogP contribution is -2.14. The van der Waals surface area contributed by atoms with Gasteiger partial charge < -0.3 is 10.1 Å². The molecule has 0 unspecified atom stereocenters. The van der Waals surface area contributed by atoms with Gasteiger partial charge in [0.05, 0.1) is 27.7 Å². The standard InChI is InChI=1S/C18H16Cl2N4O2/c1-11-17(22-18(25)13-4-3-7-21-9-13)12(2)24(23-11)10-26-16-6-5-14(19)8-15(16)20/h3-9H,10H2,1-2H3,(H,22,25). The number of rotatable bonds is 5. The van der Waals surface area contributed by atoms with Gasteiger partial charge in [-0.25, -0.2) is 4.68 Å². The van der Waals surface area contributed by atoms with Gasteiger partial charge >= 0.3 is 0 Å². The fraction of sp³-hybridized carbons (Fsp3) is 0.167. The summed E-state index contributed by atoms with van der Waals surface area (Å²) in [5, 5.41) is 8.24. The third kappa shape index (κ3) is 3.98. The highest BCUT2D eigenvalue weighted by atomic mass is 35.5. The molecule has 8 heteroatoms. The summed E-state index contributed by atoms with van der Waals surface area (Å²) in [5.41, 5.74) is 2.57. The van der Waals surface area contributed by atoms with Crippen LogP contribution in [0.4, 0.5) is 5.69 Å². The van der Waals surface area contributed by atoms with Gasteiger partial charge in [-0.2, -0.15) is 5.10 Å². The second kappa shape index (κ2) is 7.76. The van der Waals surface area contributed by atoms with Crippen molar-refractivity contribution in [2.24, 2.45) is 0 Å². The topological polar surface area (TPSA) is 69.0 Å². The van der Waals surface area contributed by atoms with Gasteiger partial charge in [0.1, 0.15) is 5.75 Å². The molecule has 1 aromatic carbocycles. The van der Waals surface area contributed by atoms with Crippen LogP contribution in [0.5, 0.6) is 5.75 Å². The second-order valence-corrected chi connectivity index (χ2v) is 6.43. The van der Waals surface area contributed by atoms with Crippen LogP contribution in [0.25, 0.3) is 0 Å². The fourth-order valence-electron chi connectivity index (χ4n) is 2.41. The highest BCUT2D eigenvalue weighted by Gasteiger charge is 2.16. The number of anilines is 1. The molecule has 6 nitrogen and oxygen atoms in total. The maximum atomic E-state index is 12.3. The van der Waals surface area contributed by atoms with Crippen molar-refractivity contribution in [3.8, 4) is 5.75 Å². The minimum atomic E-state index is -0.245. The van der Waals surface area contributed by atoms with Crippen molar-refractivity contribution in [3.05, 3.63) is 69.7 Å². The maximum Gasteiger partial charge on any atom is 0.257 e. The van der Waals surface area contributed by atoms with Crippen LogP contribution < -0.4 is 10.1 Å². The van der Waals surface area contributed by atoms with Crippen molar-refractivity contribution in [1.82, 2.24) is 14.8 Å². The van der Waals surface area contributed by atoms with E-state index < -0.39 is 0 Å². The molecule has 134 valence electrons. The van der Waals surface area contributed by atoms with Crippen LogP contribution in [0.1, 0.15) is 21.7 Å². The maximum absolute atomic E-state index is 12.3. The molecular weight excluding hydrogens is 375 g/mol. The Bertz CT molecular complexity index is 942. The number of benzene rings is 1. The molecule has 26 heavy (non-hydrogen) atoms. The van der Waals surface area contributed by atoms with Crippen molar-refractivity contribution < 1.29 is 9.53 Å². The molecule has 0 atom stereocenters. The molecule has 1 N–H and O–H groups in total. The SMILES string of the molecule is Cc1nn(COc2ccc(Cl)cc2Cl)c(C)c1NC(=O)c1cccnc1. The van der Waals surface area contributed by atoms with Gasteiger partial charge in [-0.3, -0.25) is 9.78 Å². The van der Waals surface area contributed by atoms with Crippen LogP contribution in [0.15, 0.2) is 42.7 Å². The molecule has 2 aromatic heterocycles. The van der Waals surface area contributed by atoms with Crippen LogP contribution in [0.3, 0.4) is 0 Å². The number of aryl methyl sites for hydroxylation is 1. The summed E-state index contributed by atoms with van der Waals surface area (Å²) in [6.07, 6.45) is 3.13. The molecule has 1 amide bonds. The number of carbonyl (C=O) groups is 1. The lowest BCUT2D eigenvalue weighted by Gasteiger charge is -2.10. The van der Waals surface area contributed by atoms with E-state index >= 15 is 0 Å². The van der Waals surface area contributed by atoms with Gasteiger partial charge in [0, 0.05) is 17.4 Å². The molecule has 2 heterocycles. The van der Waals surface area contributed by atoms with Gasteiger partial charge in [0.15, 0.2) is 6.73 Å². The van der Waals surface area contributed by atoms with Crippen LogP contribution >= 0.6 is 23.2 Å². The number of halogens is 2. The Balaban J connectivity index is 1.74. The molecule has 0 bridgehead atoms. The van der Waals surface area contributed by atoms with E-state index in [-0.39, 0.29) is 12.6 Å². The molecule has 0 aliphatic heterocycles. The van der Waals surface area contributed by atoms with Gasteiger partial charge in [-0.1, -0.05) is 23.2 Å². The van der Waals surface area contributed by atoms with Crippen molar-refractivity contribution in [1.29, 1.82) is 0 Å². The average molecular weight is 391 g/mol. The number of hydrogen-bond acceptors (Lipinski definition) is 4. The quantitative estimate of drug-likeness (QED) is 0.696. The minimum absolute atomic E-state index is 0.150. The highest BCUT2D eigenvalue weighted by Crippen LogP contribution is 2.28. The molecule has 0 spiro atoms. The largest absolute Gasteiger partial charge is 0.470 e. The third-order valence-electron chi connectivity index (χ3n) is 3.78. The zero-order valence-electron chi connectivity index (χ0n) is 14.2. The van der Waals surface area contributed by atoms with E-state index in [1.807, 2.05) is 13.8 Å². The zero-order valence-corrected chi connectivity index (χ0v) is 15.7. The Morgan fingerprint density at radius 2 is 2.08 bits per heavy atom. The summed E-state index contributed by atoms with van der Waals surface area (Å²) in [7, 11) is 0. The van der Waals surface area contributed by atoms with Gasteiger partial charge in [0.25, 0.3) is 5.91 Å². The van der Waals surface area contributed by atoms with Crippen LogP contribution in [0, 0.1) is 13.8 Å². The first-order valence-corrected chi connectivity index (χ1v) is 8.54. The number of ether oxygens (including phenoxy) is 1. The molecule has 0 aliphatic carbocycles. The van der Waals surface area contributed by atoms with Crippen LogP contribution in [0.2, 0.25) is 10.0 Å². The van der Waals surface area contributed by atoms with Crippen LogP contribution in [-0.2, 0) is 6.73 Å². The number of pyridine rings is 1. The number of amides is 1. The van der Waals surface area contributed by atoms with E-state index in [2.05, 4.69) is 15.4 Å². The van der Waals surface area contributed by atoms with E-state index in [4.69, 9.17) is 27.9 Å². The smallest absolute Gasteiger partial charge is 0.257 e. The number of hydrogen-bond donors (Lipinski definition) is 1.